The average Bonchev–Trinajstić information content (AvgIpc) is 2.26. The lowest BCUT2D eigenvalue weighted by atomic mass is 10.2. The summed E-state index contributed by atoms with van der Waals surface area (Å²) in [6.07, 6.45) is 4.00. The molecule has 4 heteroatoms. The molecule has 0 bridgehead atoms. The SMILES string of the molecule is C/C(=C/CNCCCCN(C)C(C)C)C(=O)O. The minimum Gasteiger partial charge on any atom is -0.478 e. The summed E-state index contributed by atoms with van der Waals surface area (Å²) in [5.41, 5.74) is 0.400. The maximum atomic E-state index is 10.5. The highest BCUT2D eigenvalue weighted by Crippen LogP contribution is 1.97. The van der Waals surface area contributed by atoms with Crippen molar-refractivity contribution in [2.24, 2.45) is 0 Å². The van der Waals surface area contributed by atoms with Gasteiger partial charge in [0.15, 0.2) is 0 Å². The summed E-state index contributed by atoms with van der Waals surface area (Å²) in [5, 5.41) is 11.9. The Balaban J connectivity index is 3.42. The van der Waals surface area contributed by atoms with E-state index in [0.29, 0.717) is 18.2 Å². The van der Waals surface area contributed by atoms with E-state index in [1.54, 1.807) is 13.0 Å². The second kappa shape index (κ2) is 9.19. The van der Waals surface area contributed by atoms with E-state index in [9.17, 15) is 4.79 Å². The van der Waals surface area contributed by atoms with Crippen LogP contribution < -0.4 is 5.32 Å². The minimum atomic E-state index is -0.842. The molecule has 4 nitrogen and oxygen atoms in total. The van der Waals surface area contributed by atoms with Crippen molar-refractivity contribution in [3.05, 3.63) is 11.6 Å². The molecule has 0 saturated heterocycles. The van der Waals surface area contributed by atoms with Crippen LogP contribution in [0.1, 0.15) is 33.6 Å². The molecule has 0 saturated carbocycles. The Bertz CT molecular complexity index is 250. The highest BCUT2D eigenvalue weighted by molar-refractivity contribution is 5.85. The van der Waals surface area contributed by atoms with Crippen LogP contribution in [0.2, 0.25) is 0 Å². The van der Waals surface area contributed by atoms with Crippen LogP contribution in [0.25, 0.3) is 0 Å². The number of hydrogen-bond acceptors (Lipinski definition) is 3. The van der Waals surface area contributed by atoms with Gasteiger partial charge in [0, 0.05) is 18.2 Å². The van der Waals surface area contributed by atoms with Crippen LogP contribution in [0.4, 0.5) is 0 Å². The number of carbonyl (C=O) groups is 1. The van der Waals surface area contributed by atoms with Crippen LogP contribution in [0.15, 0.2) is 11.6 Å². The summed E-state index contributed by atoms with van der Waals surface area (Å²) < 4.78 is 0. The van der Waals surface area contributed by atoms with Gasteiger partial charge in [-0.25, -0.2) is 4.79 Å². The number of unbranched alkanes of at least 4 members (excludes halogenated alkanes) is 1. The first-order valence-corrected chi connectivity index (χ1v) is 6.26. The highest BCUT2D eigenvalue weighted by atomic mass is 16.4. The van der Waals surface area contributed by atoms with Crippen molar-refractivity contribution < 1.29 is 9.90 Å². The number of carboxylic acids is 1. The fraction of sp³-hybridized carbons (Fsp3) is 0.769. The molecule has 100 valence electrons. The molecule has 0 spiro atoms. The minimum absolute atomic E-state index is 0.400. The Kier molecular flexibility index (Phi) is 8.72. The quantitative estimate of drug-likeness (QED) is 0.477. The van der Waals surface area contributed by atoms with Gasteiger partial charge in [-0.1, -0.05) is 6.08 Å². The second-order valence-corrected chi connectivity index (χ2v) is 4.68. The Hall–Kier alpha value is -0.870. The van der Waals surface area contributed by atoms with Gasteiger partial charge in [0.1, 0.15) is 0 Å². The van der Waals surface area contributed by atoms with Crippen molar-refractivity contribution in [2.45, 2.75) is 39.7 Å². The lowest BCUT2D eigenvalue weighted by molar-refractivity contribution is -0.132. The smallest absolute Gasteiger partial charge is 0.330 e. The van der Waals surface area contributed by atoms with Crippen LogP contribution in [0, 0.1) is 0 Å². The third-order valence-electron chi connectivity index (χ3n) is 2.89. The Morgan fingerprint density at radius 2 is 2.06 bits per heavy atom. The maximum absolute atomic E-state index is 10.5. The molecule has 0 unspecified atom stereocenters. The zero-order valence-corrected chi connectivity index (χ0v) is 11.5. The lowest BCUT2D eigenvalue weighted by Crippen LogP contribution is -2.27. The van der Waals surface area contributed by atoms with E-state index in [4.69, 9.17) is 5.11 Å². The van der Waals surface area contributed by atoms with Gasteiger partial charge < -0.3 is 15.3 Å². The van der Waals surface area contributed by atoms with Crippen LogP contribution in [0.3, 0.4) is 0 Å². The van der Waals surface area contributed by atoms with Gasteiger partial charge in [-0.05, 0) is 53.8 Å². The van der Waals surface area contributed by atoms with Crippen molar-refractivity contribution in [3.63, 3.8) is 0 Å². The normalized spacial score (nSPS) is 12.5. The van der Waals surface area contributed by atoms with E-state index in [1.165, 1.54) is 6.42 Å². The molecule has 0 fully saturated rings. The van der Waals surface area contributed by atoms with Crippen molar-refractivity contribution >= 4 is 5.97 Å². The third kappa shape index (κ3) is 8.89. The summed E-state index contributed by atoms with van der Waals surface area (Å²) in [7, 11) is 2.14. The molecular formula is C13H26N2O2. The maximum Gasteiger partial charge on any atom is 0.330 e. The van der Waals surface area contributed by atoms with Gasteiger partial charge in [-0.3, -0.25) is 0 Å². The van der Waals surface area contributed by atoms with Gasteiger partial charge in [0.2, 0.25) is 0 Å². The summed E-state index contributed by atoms with van der Waals surface area (Å²) in [6.45, 7) is 8.69. The van der Waals surface area contributed by atoms with E-state index in [1.807, 2.05) is 0 Å². The predicted octanol–water partition coefficient (Wildman–Crippen LogP) is 1.73. The van der Waals surface area contributed by atoms with E-state index in [-0.39, 0.29) is 0 Å². The summed E-state index contributed by atoms with van der Waals surface area (Å²) >= 11 is 0. The largest absolute Gasteiger partial charge is 0.478 e. The molecule has 0 amide bonds. The monoisotopic (exact) mass is 242 g/mol. The fourth-order valence-corrected chi connectivity index (χ4v) is 1.28. The Morgan fingerprint density at radius 1 is 1.41 bits per heavy atom. The number of nitrogens with zero attached hydrogens (tertiary/aromatic N) is 1. The van der Waals surface area contributed by atoms with Crippen molar-refractivity contribution in [1.29, 1.82) is 0 Å². The molecule has 0 aliphatic carbocycles. The zero-order chi connectivity index (χ0) is 13.3. The summed E-state index contributed by atoms with van der Waals surface area (Å²) in [6, 6.07) is 0.601. The zero-order valence-electron chi connectivity index (χ0n) is 11.5. The second-order valence-electron chi connectivity index (χ2n) is 4.68. The number of hydrogen-bond donors (Lipinski definition) is 2. The topological polar surface area (TPSA) is 52.6 Å². The van der Waals surface area contributed by atoms with Gasteiger partial charge in [0.05, 0.1) is 0 Å². The van der Waals surface area contributed by atoms with Gasteiger partial charge in [-0.2, -0.15) is 0 Å². The first-order chi connectivity index (χ1) is 7.95. The summed E-state index contributed by atoms with van der Waals surface area (Å²) in [5.74, 6) is -0.842. The van der Waals surface area contributed by atoms with E-state index >= 15 is 0 Å². The van der Waals surface area contributed by atoms with Gasteiger partial charge in [0.25, 0.3) is 0 Å². The molecule has 0 radical (unpaired) electrons. The average molecular weight is 242 g/mol. The molecule has 0 heterocycles. The Morgan fingerprint density at radius 3 is 2.59 bits per heavy atom. The van der Waals surface area contributed by atoms with Crippen LogP contribution >= 0.6 is 0 Å². The molecular weight excluding hydrogens is 216 g/mol. The van der Waals surface area contributed by atoms with E-state index < -0.39 is 5.97 Å². The number of nitrogens with one attached hydrogen (secondary N) is 1. The molecule has 17 heavy (non-hydrogen) atoms. The molecule has 0 aliphatic rings. The molecule has 0 aliphatic heterocycles. The molecule has 0 aromatic rings. The molecule has 0 aromatic carbocycles. The third-order valence-corrected chi connectivity index (χ3v) is 2.89. The number of aliphatic carboxylic acids is 1. The van der Waals surface area contributed by atoms with Crippen LogP contribution in [0.5, 0.6) is 0 Å². The van der Waals surface area contributed by atoms with Crippen molar-refractivity contribution in [2.75, 3.05) is 26.7 Å². The van der Waals surface area contributed by atoms with Gasteiger partial charge >= 0.3 is 5.97 Å². The fourth-order valence-electron chi connectivity index (χ4n) is 1.28. The first-order valence-electron chi connectivity index (χ1n) is 6.26. The predicted molar refractivity (Wildman–Crippen MR) is 71.3 cm³/mol. The van der Waals surface area contributed by atoms with E-state index in [0.717, 1.165) is 19.5 Å². The molecule has 2 N–H and O–H groups in total. The molecule has 0 rings (SSSR count). The van der Waals surface area contributed by atoms with E-state index in [2.05, 4.69) is 31.1 Å². The van der Waals surface area contributed by atoms with Crippen molar-refractivity contribution in [1.82, 2.24) is 10.2 Å². The van der Waals surface area contributed by atoms with Crippen molar-refractivity contribution in [3.8, 4) is 0 Å². The molecule has 0 aromatic heterocycles. The first kappa shape index (κ1) is 16.1. The number of rotatable bonds is 9. The van der Waals surface area contributed by atoms with Gasteiger partial charge in [-0.15, -0.1) is 0 Å². The standard InChI is InChI=1S/C13H26N2O2/c1-11(2)15(4)10-6-5-8-14-9-7-12(3)13(16)17/h7,11,14H,5-6,8-10H2,1-4H3,(H,16,17)/b12-7-. The summed E-state index contributed by atoms with van der Waals surface area (Å²) in [4.78, 5) is 12.8. The Labute approximate surface area is 105 Å². The lowest BCUT2D eigenvalue weighted by Gasteiger charge is -2.20. The molecule has 0 atom stereocenters. The van der Waals surface area contributed by atoms with Crippen LogP contribution in [-0.4, -0.2) is 48.7 Å². The number of carboxylic acid groups (broad SMARTS) is 1. The highest BCUT2D eigenvalue weighted by Gasteiger charge is 2.01. The van der Waals surface area contributed by atoms with Crippen LogP contribution in [-0.2, 0) is 4.79 Å².